The molecule has 0 heterocycles. The Kier molecular flexibility index (Phi) is 3.72. The molecule has 0 aliphatic carbocycles. The van der Waals surface area contributed by atoms with Gasteiger partial charge in [-0.15, -0.1) is 0 Å². The Morgan fingerprint density at radius 3 is 2.17 bits per heavy atom. The number of rotatable bonds is 4. The highest BCUT2D eigenvalue weighted by molar-refractivity contribution is 5.94. The summed E-state index contributed by atoms with van der Waals surface area (Å²) in [6.45, 7) is 0. The fourth-order valence-electron chi connectivity index (χ4n) is 1.95. The Morgan fingerprint density at radius 1 is 0.944 bits per heavy atom. The maximum absolute atomic E-state index is 13.5. The fraction of sp³-hybridized carbons (Fsp3) is 0.133. The molecule has 2 aromatic rings. The number of carbonyl (C=O) groups excluding carboxylic acids is 1. The molecule has 2 aromatic carbocycles. The van der Waals surface area contributed by atoms with Crippen molar-refractivity contribution in [2.75, 3.05) is 0 Å². The van der Waals surface area contributed by atoms with Crippen molar-refractivity contribution in [1.29, 1.82) is 0 Å². The summed E-state index contributed by atoms with van der Waals surface area (Å²) in [6, 6.07) is 13.8. The van der Waals surface area contributed by atoms with Gasteiger partial charge in [-0.05, 0) is 36.1 Å². The van der Waals surface area contributed by atoms with Crippen molar-refractivity contribution in [3.8, 4) is 0 Å². The molecule has 2 N–H and O–H groups in total. The van der Waals surface area contributed by atoms with Gasteiger partial charge in [0.05, 0.1) is 0 Å². The molecule has 0 unspecified atom stereocenters. The maximum atomic E-state index is 13.5. The van der Waals surface area contributed by atoms with Crippen molar-refractivity contribution in [2.24, 2.45) is 5.73 Å². The van der Waals surface area contributed by atoms with Crippen molar-refractivity contribution in [3.05, 3.63) is 71.0 Å². The molecule has 0 bridgehead atoms. The van der Waals surface area contributed by atoms with Crippen LogP contribution < -0.4 is 5.73 Å². The first kappa shape index (κ1) is 12.3. The highest BCUT2D eigenvalue weighted by Crippen LogP contribution is 2.14. The molecule has 0 radical (unpaired) electrons. The van der Waals surface area contributed by atoms with Crippen LogP contribution in [0.4, 0.5) is 4.39 Å². The predicted molar refractivity (Wildman–Crippen MR) is 68.8 cm³/mol. The van der Waals surface area contributed by atoms with Crippen LogP contribution in [-0.2, 0) is 12.8 Å². The minimum absolute atomic E-state index is 0.214. The van der Waals surface area contributed by atoms with E-state index in [-0.39, 0.29) is 5.82 Å². The molecular formula is C15H14FNO. The molecule has 92 valence electrons. The number of nitrogens with two attached hydrogens (primary N) is 1. The number of primary amides is 1. The van der Waals surface area contributed by atoms with Crippen LogP contribution in [0.3, 0.4) is 0 Å². The van der Waals surface area contributed by atoms with Gasteiger partial charge in [0.25, 0.3) is 0 Å². The first-order chi connectivity index (χ1) is 8.68. The second kappa shape index (κ2) is 5.45. The monoisotopic (exact) mass is 243 g/mol. The molecule has 0 aliphatic heterocycles. The van der Waals surface area contributed by atoms with E-state index in [1.54, 1.807) is 30.3 Å². The largest absolute Gasteiger partial charge is 0.366 e. The summed E-state index contributed by atoms with van der Waals surface area (Å²) in [4.78, 5) is 11.2. The smallest absolute Gasteiger partial charge is 0.248 e. The quantitative estimate of drug-likeness (QED) is 0.881. The van der Waals surface area contributed by atoms with Gasteiger partial charge in [0, 0.05) is 5.56 Å². The van der Waals surface area contributed by atoms with Gasteiger partial charge in [-0.2, -0.15) is 0 Å². The van der Waals surface area contributed by atoms with Crippen molar-refractivity contribution in [1.82, 2.24) is 0 Å². The first-order valence-electron chi connectivity index (χ1n) is 5.79. The molecule has 0 spiro atoms. The van der Waals surface area contributed by atoms with E-state index in [0.717, 1.165) is 5.56 Å². The number of hydrogen-bond acceptors (Lipinski definition) is 1. The lowest BCUT2D eigenvalue weighted by atomic mass is 9.99. The molecular weight excluding hydrogens is 229 g/mol. The van der Waals surface area contributed by atoms with Gasteiger partial charge in [0.2, 0.25) is 5.91 Å². The summed E-state index contributed by atoms with van der Waals surface area (Å²) in [6.07, 6.45) is 1.15. The maximum Gasteiger partial charge on any atom is 0.248 e. The molecule has 18 heavy (non-hydrogen) atoms. The summed E-state index contributed by atoms with van der Waals surface area (Å²) in [7, 11) is 0. The molecule has 0 fully saturated rings. The SMILES string of the molecule is NC(=O)c1ccccc1CCc1ccccc1F. The van der Waals surface area contributed by atoms with E-state index in [4.69, 9.17) is 5.73 Å². The summed E-state index contributed by atoms with van der Waals surface area (Å²) in [5.41, 5.74) is 7.31. The fourth-order valence-corrected chi connectivity index (χ4v) is 1.95. The Bertz CT molecular complexity index is 566. The third-order valence-corrected chi connectivity index (χ3v) is 2.90. The van der Waals surface area contributed by atoms with Gasteiger partial charge in [-0.3, -0.25) is 4.79 Å². The average molecular weight is 243 g/mol. The molecule has 3 heteroatoms. The second-order valence-corrected chi connectivity index (χ2v) is 4.11. The van der Waals surface area contributed by atoms with Crippen molar-refractivity contribution >= 4 is 5.91 Å². The van der Waals surface area contributed by atoms with Gasteiger partial charge in [0.1, 0.15) is 5.82 Å². The number of benzene rings is 2. The zero-order chi connectivity index (χ0) is 13.0. The van der Waals surface area contributed by atoms with E-state index < -0.39 is 5.91 Å². The lowest BCUT2D eigenvalue weighted by Gasteiger charge is -2.07. The summed E-state index contributed by atoms with van der Waals surface area (Å²) in [5.74, 6) is -0.659. The Labute approximate surface area is 105 Å². The Balaban J connectivity index is 2.16. The predicted octanol–water partition coefficient (Wildman–Crippen LogP) is 2.71. The molecule has 0 atom stereocenters. The molecule has 0 aromatic heterocycles. The lowest BCUT2D eigenvalue weighted by molar-refractivity contribution is 0.0999. The standard InChI is InChI=1S/C15H14FNO/c16-14-8-4-2-6-12(14)10-9-11-5-1-3-7-13(11)15(17)18/h1-8H,9-10H2,(H2,17,18). The van der Waals surface area contributed by atoms with E-state index in [1.165, 1.54) is 6.07 Å². The van der Waals surface area contributed by atoms with Crippen LogP contribution >= 0.6 is 0 Å². The van der Waals surface area contributed by atoms with Crippen molar-refractivity contribution in [2.45, 2.75) is 12.8 Å². The van der Waals surface area contributed by atoms with Gasteiger partial charge >= 0.3 is 0 Å². The van der Waals surface area contributed by atoms with Gasteiger partial charge < -0.3 is 5.73 Å². The highest BCUT2D eigenvalue weighted by atomic mass is 19.1. The summed E-state index contributed by atoms with van der Waals surface area (Å²) in [5, 5.41) is 0. The van der Waals surface area contributed by atoms with E-state index >= 15 is 0 Å². The molecule has 2 nitrogen and oxygen atoms in total. The number of carbonyl (C=O) groups is 1. The van der Waals surface area contributed by atoms with Crippen LogP contribution in [0.25, 0.3) is 0 Å². The zero-order valence-corrected chi connectivity index (χ0v) is 9.90. The third-order valence-electron chi connectivity index (χ3n) is 2.90. The Morgan fingerprint density at radius 2 is 1.50 bits per heavy atom. The minimum Gasteiger partial charge on any atom is -0.366 e. The molecule has 0 aliphatic rings. The lowest BCUT2D eigenvalue weighted by Crippen LogP contribution is -2.14. The topological polar surface area (TPSA) is 43.1 Å². The Hall–Kier alpha value is -2.16. The van der Waals surface area contributed by atoms with E-state index in [2.05, 4.69) is 0 Å². The van der Waals surface area contributed by atoms with Crippen LogP contribution in [0.5, 0.6) is 0 Å². The van der Waals surface area contributed by atoms with E-state index in [0.29, 0.717) is 24.0 Å². The number of hydrogen-bond donors (Lipinski definition) is 1. The summed E-state index contributed by atoms with van der Waals surface area (Å²) >= 11 is 0. The van der Waals surface area contributed by atoms with Gasteiger partial charge in [-0.1, -0.05) is 36.4 Å². The molecule has 2 rings (SSSR count). The summed E-state index contributed by atoms with van der Waals surface area (Å²) < 4.78 is 13.5. The van der Waals surface area contributed by atoms with Crippen LogP contribution in [-0.4, -0.2) is 5.91 Å². The average Bonchev–Trinajstić information content (AvgIpc) is 2.38. The van der Waals surface area contributed by atoms with Gasteiger partial charge in [0.15, 0.2) is 0 Å². The second-order valence-electron chi connectivity index (χ2n) is 4.11. The van der Waals surface area contributed by atoms with E-state index in [1.807, 2.05) is 12.1 Å². The first-order valence-corrected chi connectivity index (χ1v) is 5.79. The van der Waals surface area contributed by atoms with Crippen LogP contribution in [0.15, 0.2) is 48.5 Å². The van der Waals surface area contributed by atoms with Crippen LogP contribution in [0, 0.1) is 5.82 Å². The van der Waals surface area contributed by atoms with Crippen molar-refractivity contribution < 1.29 is 9.18 Å². The molecule has 1 amide bonds. The normalized spacial score (nSPS) is 10.3. The van der Waals surface area contributed by atoms with E-state index in [9.17, 15) is 9.18 Å². The van der Waals surface area contributed by atoms with Gasteiger partial charge in [-0.25, -0.2) is 4.39 Å². The van der Waals surface area contributed by atoms with Crippen molar-refractivity contribution in [3.63, 3.8) is 0 Å². The zero-order valence-electron chi connectivity index (χ0n) is 9.90. The minimum atomic E-state index is -0.445. The van der Waals surface area contributed by atoms with Crippen LogP contribution in [0.2, 0.25) is 0 Å². The highest BCUT2D eigenvalue weighted by Gasteiger charge is 2.08. The number of amides is 1. The molecule has 0 saturated heterocycles. The number of aryl methyl sites for hydroxylation is 2. The van der Waals surface area contributed by atoms with Crippen LogP contribution in [0.1, 0.15) is 21.5 Å². The third kappa shape index (κ3) is 2.74. The number of halogens is 1. The molecule has 0 saturated carbocycles.